The van der Waals surface area contributed by atoms with Crippen LogP contribution in [0.4, 0.5) is 0 Å². The average Bonchev–Trinajstić information content (AvgIpc) is 2.83. The van der Waals surface area contributed by atoms with Crippen molar-refractivity contribution in [1.29, 1.82) is 0 Å². The Morgan fingerprint density at radius 3 is 2.72 bits per heavy atom. The Labute approximate surface area is 105 Å². The molecule has 0 aliphatic rings. The molecule has 92 valence electrons. The van der Waals surface area contributed by atoms with E-state index in [2.05, 4.69) is 22.0 Å². The molecule has 0 spiro atoms. The van der Waals surface area contributed by atoms with Crippen LogP contribution in [0.15, 0.2) is 41.4 Å². The maximum atomic E-state index is 11.0. The van der Waals surface area contributed by atoms with Crippen molar-refractivity contribution in [3.8, 4) is 11.4 Å². The van der Waals surface area contributed by atoms with E-state index in [0.717, 1.165) is 11.1 Å². The summed E-state index contributed by atoms with van der Waals surface area (Å²) in [6.45, 7) is 5.60. The zero-order chi connectivity index (χ0) is 13.0. The van der Waals surface area contributed by atoms with E-state index in [1.807, 2.05) is 24.3 Å². The van der Waals surface area contributed by atoms with Gasteiger partial charge in [0.2, 0.25) is 17.6 Å². The lowest BCUT2D eigenvalue weighted by atomic mass is 10.1. The third kappa shape index (κ3) is 2.82. The second kappa shape index (κ2) is 5.27. The molecular formula is C13H13N3O2. The van der Waals surface area contributed by atoms with Crippen molar-refractivity contribution in [2.24, 2.45) is 0 Å². The fourth-order valence-corrected chi connectivity index (χ4v) is 1.45. The Morgan fingerprint density at radius 1 is 1.44 bits per heavy atom. The van der Waals surface area contributed by atoms with Crippen LogP contribution in [0.25, 0.3) is 11.4 Å². The maximum Gasteiger partial charge on any atom is 0.243 e. The topological polar surface area (TPSA) is 68.0 Å². The highest BCUT2D eigenvalue weighted by atomic mass is 16.5. The first-order valence-electron chi connectivity index (χ1n) is 5.49. The van der Waals surface area contributed by atoms with Crippen LogP contribution in [-0.2, 0) is 11.3 Å². The minimum absolute atomic E-state index is 0.187. The standard InChI is InChI=1S/C13H13N3O2/c1-3-12(17)14-8-10-4-6-11(7-5-10)13-15-9(2)18-16-13/h3-7H,1,8H2,2H3,(H,14,17). The fourth-order valence-electron chi connectivity index (χ4n) is 1.45. The normalized spacial score (nSPS) is 10.1. The van der Waals surface area contributed by atoms with E-state index in [1.165, 1.54) is 6.08 Å². The van der Waals surface area contributed by atoms with Gasteiger partial charge < -0.3 is 9.84 Å². The molecule has 2 aromatic rings. The van der Waals surface area contributed by atoms with Crippen LogP contribution in [0.1, 0.15) is 11.5 Å². The van der Waals surface area contributed by atoms with Gasteiger partial charge in [0.1, 0.15) is 0 Å². The van der Waals surface area contributed by atoms with Crippen LogP contribution in [-0.4, -0.2) is 16.0 Å². The van der Waals surface area contributed by atoms with Gasteiger partial charge in [-0.15, -0.1) is 0 Å². The highest BCUT2D eigenvalue weighted by Crippen LogP contribution is 2.16. The molecule has 0 saturated carbocycles. The van der Waals surface area contributed by atoms with E-state index < -0.39 is 0 Å². The molecule has 1 heterocycles. The number of aromatic nitrogens is 2. The van der Waals surface area contributed by atoms with Crippen molar-refractivity contribution < 1.29 is 9.32 Å². The molecule has 18 heavy (non-hydrogen) atoms. The first-order chi connectivity index (χ1) is 8.69. The van der Waals surface area contributed by atoms with E-state index >= 15 is 0 Å². The first kappa shape index (κ1) is 12.0. The molecule has 2 rings (SSSR count). The van der Waals surface area contributed by atoms with E-state index in [1.54, 1.807) is 6.92 Å². The molecule has 0 bridgehead atoms. The minimum atomic E-state index is -0.187. The predicted molar refractivity (Wildman–Crippen MR) is 66.5 cm³/mol. The molecule has 1 amide bonds. The molecular weight excluding hydrogens is 230 g/mol. The number of nitrogens with one attached hydrogen (secondary N) is 1. The van der Waals surface area contributed by atoms with Crippen LogP contribution in [0, 0.1) is 6.92 Å². The second-order valence-corrected chi connectivity index (χ2v) is 3.76. The summed E-state index contributed by atoms with van der Waals surface area (Å²) in [5.74, 6) is 0.911. The molecule has 1 N–H and O–H groups in total. The first-order valence-corrected chi connectivity index (χ1v) is 5.49. The molecule has 5 nitrogen and oxygen atoms in total. The smallest absolute Gasteiger partial charge is 0.243 e. The Bertz CT molecular complexity index is 558. The average molecular weight is 243 g/mol. The summed E-state index contributed by atoms with van der Waals surface area (Å²) >= 11 is 0. The van der Waals surface area contributed by atoms with Gasteiger partial charge >= 0.3 is 0 Å². The summed E-state index contributed by atoms with van der Waals surface area (Å²) in [5.41, 5.74) is 1.87. The quantitative estimate of drug-likeness (QED) is 0.832. The minimum Gasteiger partial charge on any atom is -0.348 e. The van der Waals surface area contributed by atoms with Crippen molar-refractivity contribution in [3.05, 3.63) is 48.4 Å². The van der Waals surface area contributed by atoms with Gasteiger partial charge in [0.05, 0.1) is 0 Å². The molecule has 0 radical (unpaired) electrons. The van der Waals surface area contributed by atoms with Gasteiger partial charge in [-0.3, -0.25) is 4.79 Å². The van der Waals surface area contributed by atoms with E-state index in [-0.39, 0.29) is 5.91 Å². The van der Waals surface area contributed by atoms with Gasteiger partial charge in [-0.05, 0) is 11.6 Å². The number of aryl methyl sites for hydroxylation is 1. The van der Waals surface area contributed by atoms with Gasteiger partial charge in [0, 0.05) is 19.0 Å². The third-order valence-electron chi connectivity index (χ3n) is 2.39. The summed E-state index contributed by atoms with van der Waals surface area (Å²) in [6.07, 6.45) is 1.25. The summed E-state index contributed by atoms with van der Waals surface area (Å²) in [5, 5.41) is 6.54. The predicted octanol–water partition coefficient (Wildman–Crippen LogP) is 1.85. The highest BCUT2D eigenvalue weighted by Gasteiger charge is 2.05. The number of benzene rings is 1. The van der Waals surface area contributed by atoms with Crippen LogP contribution in [0.2, 0.25) is 0 Å². The lowest BCUT2D eigenvalue weighted by Gasteiger charge is -2.02. The number of carbonyl (C=O) groups excluding carboxylic acids is 1. The van der Waals surface area contributed by atoms with Gasteiger partial charge in [0.15, 0.2) is 0 Å². The highest BCUT2D eigenvalue weighted by molar-refractivity contribution is 5.86. The number of hydrogen-bond donors (Lipinski definition) is 1. The van der Waals surface area contributed by atoms with Crippen molar-refractivity contribution >= 4 is 5.91 Å². The molecule has 1 aromatic heterocycles. The van der Waals surface area contributed by atoms with E-state index in [4.69, 9.17) is 4.52 Å². The molecule has 1 aromatic carbocycles. The molecule has 0 aliphatic heterocycles. The van der Waals surface area contributed by atoms with E-state index in [0.29, 0.717) is 18.3 Å². The molecule has 0 fully saturated rings. The Balaban J connectivity index is 2.06. The molecule has 0 unspecified atom stereocenters. The van der Waals surface area contributed by atoms with Gasteiger partial charge in [-0.2, -0.15) is 4.98 Å². The van der Waals surface area contributed by atoms with Crippen LogP contribution in [0.5, 0.6) is 0 Å². The molecule has 0 saturated heterocycles. The number of hydrogen-bond acceptors (Lipinski definition) is 4. The number of carbonyl (C=O) groups is 1. The van der Waals surface area contributed by atoms with Gasteiger partial charge in [-0.1, -0.05) is 36.0 Å². The summed E-state index contributed by atoms with van der Waals surface area (Å²) in [6, 6.07) is 7.59. The summed E-state index contributed by atoms with van der Waals surface area (Å²) in [4.78, 5) is 15.2. The Morgan fingerprint density at radius 2 is 2.17 bits per heavy atom. The zero-order valence-corrected chi connectivity index (χ0v) is 10.0. The fraction of sp³-hybridized carbons (Fsp3) is 0.154. The van der Waals surface area contributed by atoms with Crippen molar-refractivity contribution in [1.82, 2.24) is 15.5 Å². The monoisotopic (exact) mass is 243 g/mol. The number of nitrogens with zero attached hydrogens (tertiary/aromatic N) is 2. The zero-order valence-electron chi connectivity index (χ0n) is 10.0. The number of rotatable bonds is 4. The SMILES string of the molecule is C=CC(=O)NCc1ccc(-c2noc(C)n2)cc1. The molecule has 0 aliphatic carbocycles. The van der Waals surface area contributed by atoms with Crippen LogP contribution >= 0.6 is 0 Å². The molecule has 5 heteroatoms. The van der Waals surface area contributed by atoms with Crippen molar-refractivity contribution in [2.45, 2.75) is 13.5 Å². The maximum absolute atomic E-state index is 11.0. The lowest BCUT2D eigenvalue weighted by molar-refractivity contribution is -0.116. The second-order valence-electron chi connectivity index (χ2n) is 3.76. The van der Waals surface area contributed by atoms with Crippen molar-refractivity contribution in [2.75, 3.05) is 0 Å². The Kier molecular flexibility index (Phi) is 3.52. The molecule has 0 atom stereocenters. The van der Waals surface area contributed by atoms with Crippen molar-refractivity contribution in [3.63, 3.8) is 0 Å². The third-order valence-corrected chi connectivity index (χ3v) is 2.39. The van der Waals surface area contributed by atoms with Crippen LogP contribution in [0.3, 0.4) is 0 Å². The summed E-state index contributed by atoms with van der Waals surface area (Å²) in [7, 11) is 0. The van der Waals surface area contributed by atoms with Gasteiger partial charge in [-0.25, -0.2) is 0 Å². The number of amides is 1. The Hall–Kier alpha value is -2.43. The lowest BCUT2D eigenvalue weighted by Crippen LogP contribution is -2.19. The van der Waals surface area contributed by atoms with E-state index in [9.17, 15) is 4.79 Å². The van der Waals surface area contributed by atoms with Crippen LogP contribution < -0.4 is 5.32 Å². The summed E-state index contributed by atoms with van der Waals surface area (Å²) < 4.78 is 4.91. The largest absolute Gasteiger partial charge is 0.348 e. The van der Waals surface area contributed by atoms with Gasteiger partial charge in [0.25, 0.3) is 0 Å².